The number of benzene rings is 1. The van der Waals surface area contributed by atoms with E-state index in [1.54, 1.807) is 6.07 Å². The quantitative estimate of drug-likeness (QED) is 0.371. The van der Waals surface area contributed by atoms with Crippen molar-refractivity contribution in [3.63, 3.8) is 0 Å². The summed E-state index contributed by atoms with van der Waals surface area (Å²) in [6, 6.07) is 4.48. The van der Waals surface area contributed by atoms with Gasteiger partial charge in [-0.1, -0.05) is 22.0 Å². The number of hydrogen-bond acceptors (Lipinski definition) is 3. The molecule has 0 spiro atoms. The highest BCUT2D eigenvalue weighted by Crippen LogP contribution is 2.24. The van der Waals surface area contributed by atoms with Gasteiger partial charge in [0.1, 0.15) is 0 Å². The van der Waals surface area contributed by atoms with Crippen LogP contribution in [0.4, 0.5) is 5.69 Å². The van der Waals surface area contributed by atoms with Gasteiger partial charge in [0, 0.05) is 11.4 Å². The molecule has 6 heteroatoms. The number of Topliss-reactive ketones (excluding diaryl/α,β-unsaturated/α-hetero) is 1. The Morgan fingerprint density at radius 1 is 1.62 bits per heavy atom. The molecule has 1 unspecified atom stereocenters. The second-order valence-electron chi connectivity index (χ2n) is 3.22. The third kappa shape index (κ3) is 2.80. The molecule has 0 N–H and O–H groups in total. The number of hydrogen-bond donors (Lipinski definition) is 0. The molecule has 0 bridgehead atoms. The molecule has 86 valence electrons. The van der Waals surface area contributed by atoms with Crippen LogP contribution in [0.25, 0.3) is 0 Å². The summed E-state index contributed by atoms with van der Waals surface area (Å²) >= 11 is 8.83. The van der Waals surface area contributed by atoms with Gasteiger partial charge in [-0.05, 0) is 18.6 Å². The van der Waals surface area contributed by atoms with Gasteiger partial charge in [-0.2, -0.15) is 0 Å². The lowest BCUT2D eigenvalue weighted by molar-refractivity contribution is -0.385. The maximum Gasteiger partial charge on any atom is 0.280 e. The molecule has 0 fully saturated rings. The summed E-state index contributed by atoms with van der Waals surface area (Å²) in [7, 11) is 0. The van der Waals surface area contributed by atoms with Crippen LogP contribution in [0.1, 0.15) is 22.8 Å². The molecule has 0 amide bonds. The highest BCUT2D eigenvalue weighted by Gasteiger charge is 2.23. The molecule has 4 nitrogen and oxygen atoms in total. The van der Waals surface area contributed by atoms with E-state index in [-0.39, 0.29) is 11.3 Å². The third-order valence-electron chi connectivity index (χ3n) is 2.04. The molecule has 0 aliphatic rings. The van der Waals surface area contributed by atoms with Crippen molar-refractivity contribution < 1.29 is 9.72 Å². The number of ketones is 1. The van der Waals surface area contributed by atoms with Gasteiger partial charge >= 0.3 is 0 Å². The largest absolute Gasteiger partial charge is 0.292 e. The van der Waals surface area contributed by atoms with Gasteiger partial charge in [0.15, 0.2) is 5.78 Å². The number of alkyl halides is 2. The fraction of sp³-hybridized carbons (Fsp3) is 0.300. The molecule has 0 aliphatic heterocycles. The number of carbonyl (C=O) groups is 1. The zero-order valence-electron chi connectivity index (χ0n) is 8.44. The molecule has 0 saturated carbocycles. The number of nitrogens with zero attached hydrogens (tertiary/aromatic N) is 1. The number of rotatable bonds is 4. The Labute approximate surface area is 106 Å². The van der Waals surface area contributed by atoms with E-state index in [9.17, 15) is 14.9 Å². The number of nitro benzene ring substituents is 1. The van der Waals surface area contributed by atoms with E-state index in [4.69, 9.17) is 11.6 Å². The maximum absolute atomic E-state index is 11.6. The van der Waals surface area contributed by atoms with Crippen LogP contribution < -0.4 is 0 Å². The Morgan fingerprint density at radius 3 is 2.69 bits per heavy atom. The molecule has 0 heterocycles. The van der Waals surface area contributed by atoms with Crippen molar-refractivity contribution in [2.24, 2.45) is 0 Å². The molecule has 1 atom stereocenters. The molecular formula is C10H9BrClNO3. The Bertz CT molecular complexity index is 434. The normalized spacial score (nSPS) is 12.2. The van der Waals surface area contributed by atoms with Gasteiger partial charge in [-0.15, -0.1) is 11.6 Å². The first kappa shape index (κ1) is 13.1. The molecule has 1 aromatic rings. The number of nitro groups is 1. The molecule has 0 radical (unpaired) electrons. The lowest BCUT2D eigenvalue weighted by atomic mass is 10.0. The summed E-state index contributed by atoms with van der Waals surface area (Å²) in [4.78, 5) is 21.9. The van der Waals surface area contributed by atoms with Gasteiger partial charge in [0.25, 0.3) is 5.69 Å². The highest BCUT2D eigenvalue weighted by atomic mass is 79.9. The molecule has 1 aromatic carbocycles. The zero-order valence-corrected chi connectivity index (χ0v) is 10.8. The van der Waals surface area contributed by atoms with Crippen molar-refractivity contribution in [1.82, 2.24) is 0 Å². The topological polar surface area (TPSA) is 60.2 Å². The minimum atomic E-state index is -0.770. The highest BCUT2D eigenvalue weighted by molar-refractivity contribution is 9.08. The smallest absolute Gasteiger partial charge is 0.280 e. The standard InChI is InChI=1S/C10H9BrClNO3/c1-6(12)10(14)8-3-2-7(5-11)4-9(8)13(15)16/h2-4,6H,5H2,1H3. The average Bonchev–Trinajstić information content (AvgIpc) is 2.26. The second kappa shape index (κ2) is 5.41. The zero-order chi connectivity index (χ0) is 12.3. The maximum atomic E-state index is 11.6. The van der Waals surface area contributed by atoms with Crippen molar-refractivity contribution >= 4 is 39.0 Å². The first-order valence-corrected chi connectivity index (χ1v) is 6.04. The molecule has 16 heavy (non-hydrogen) atoms. The first-order chi connectivity index (χ1) is 7.47. The van der Waals surface area contributed by atoms with E-state index in [0.29, 0.717) is 5.33 Å². The van der Waals surface area contributed by atoms with E-state index < -0.39 is 16.1 Å². The summed E-state index contributed by atoms with van der Waals surface area (Å²) in [6.07, 6.45) is 0. The van der Waals surface area contributed by atoms with Crippen LogP contribution in [0.2, 0.25) is 0 Å². The first-order valence-electron chi connectivity index (χ1n) is 4.49. The minimum absolute atomic E-state index is 0.0530. The van der Waals surface area contributed by atoms with Gasteiger partial charge in [-0.3, -0.25) is 14.9 Å². The Balaban J connectivity index is 3.28. The van der Waals surface area contributed by atoms with E-state index >= 15 is 0 Å². The van der Waals surface area contributed by atoms with Crippen molar-refractivity contribution in [1.29, 1.82) is 0 Å². The minimum Gasteiger partial charge on any atom is -0.292 e. The summed E-state index contributed by atoms with van der Waals surface area (Å²) in [5, 5.41) is 10.5. The van der Waals surface area contributed by atoms with Gasteiger partial charge in [-0.25, -0.2) is 0 Å². The molecule has 0 aromatic heterocycles. The van der Waals surface area contributed by atoms with Crippen LogP contribution in [0, 0.1) is 10.1 Å². The van der Waals surface area contributed by atoms with Gasteiger partial charge < -0.3 is 0 Å². The van der Waals surface area contributed by atoms with Crippen LogP contribution in [0.5, 0.6) is 0 Å². The Morgan fingerprint density at radius 2 is 2.25 bits per heavy atom. The van der Waals surface area contributed by atoms with Crippen LogP contribution in [-0.4, -0.2) is 16.1 Å². The lowest BCUT2D eigenvalue weighted by Gasteiger charge is -2.05. The monoisotopic (exact) mass is 305 g/mol. The molecule has 0 saturated heterocycles. The third-order valence-corrected chi connectivity index (χ3v) is 2.89. The van der Waals surface area contributed by atoms with E-state index in [2.05, 4.69) is 15.9 Å². The second-order valence-corrected chi connectivity index (χ2v) is 4.44. The van der Waals surface area contributed by atoms with Crippen LogP contribution in [0.15, 0.2) is 18.2 Å². The molecular weight excluding hydrogens is 297 g/mol. The van der Waals surface area contributed by atoms with Crippen LogP contribution in [-0.2, 0) is 5.33 Å². The SMILES string of the molecule is CC(Cl)C(=O)c1ccc(CBr)cc1[N+](=O)[O-]. The van der Waals surface area contributed by atoms with Crippen molar-refractivity contribution in [3.05, 3.63) is 39.4 Å². The van der Waals surface area contributed by atoms with Gasteiger partial charge in [0.2, 0.25) is 0 Å². The average molecular weight is 307 g/mol. The summed E-state index contributed by atoms with van der Waals surface area (Å²) in [5.41, 5.74) is 0.595. The summed E-state index contributed by atoms with van der Waals surface area (Å²) in [5.74, 6) is -0.436. The predicted molar refractivity (Wildman–Crippen MR) is 65.4 cm³/mol. The van der Waals surface area contributed by atoms with E-state index in [0.717, 1.165) is 5.56 Å². The van der Waals surface area contributed by atoms with Crippen molar-refractivity contribution in [3.8, 4) is 0 Å². The number of carbonyl (C=O) groups excluding carboxylic acids is 1. The lowest BCUT2D eigenvalue weighted by Crippen LogP contribution is -2.12. The van der Waals surface area contributed by atoms with E-state index in [1.807, 2.05) is 0 Å². The fourth-order valence-corrected chi connectivity index (χ4v) is 1.70. The Hall–Kier alpha value is -0.940. The van der Waals surface area contributed by atoms with Crippen LogP contribution >= 0.6 is 27.5 Å². The summed E-state index contributed by atoms with van der Waals surface area (Å²) < 4.78 is 0. The van der Waals surface area contributed by atoms with E-state index in [1.165, 1.54) is 19.1 Å². The fourth-order valence-electron chi connectivity index (χ4n) is 1.23. The van der Waals surface area contributed by atoms with Gasteiger partial charge in [0.05, 0.1) is 15.9 Å². The predicted octanol–water partition coefficient (Wildman–Crippen LogP) is 3.30. The number of halogens is 2. The molecule has 1 rings (SSSR count). The van der Waals surface area contributed by atoms with Crippen LogP contribution in [0.3, 0.4) is 0 Å². The Kier molecular flexibility index (Phi) is 4.44. The molecule has 0 aliphatic carbocycles. The van der Waals surface area contributed by atoms with Crippen molar-refractivity contribution in [2.45, 2.75) is 17.6 Å². The van der Waals surface area contributed by atoms with Crippen molar-refractivity contribution in [2.75, 3.05) is 0 Å². The summed E-state index contributed by atoms with van der Waals surface area (Å²) in [6.45, 7) is 1.49.